The van der Waals surface area contributed by atoms with Gasteiger partial charge in [-0.05, 0) is 23.8 Å². The summed E-state index contributed by atoms with van der Waals surface area (Å²) in [5, 5.41) is 7.85. The van der Waals surface area contributed by atoms with Crippen LogP contribution in [0.3, 0.4) is 0 Å². The number of aromatic nitrogens is 3. The first-order valence-electron chi connectivity index (χ1n) is 7.36. The van der Waals surface area contributed by atoms with E-state index >= 15 is 0 Å². The first kappa shape index (κ1) is 15.4. The topological polar surface area (TPSA) is 50.8 Å². The number of hydrogen-bond donors (Lipinski definition) is 1. The lowest BCUT2D eigenvalue weighted by molar-refractivity contribution is 0.344. The van der Waals surface area contributed by atoms with Gasteiger partial charge < -0.3 is 4.74 Å². The minimum absolute atomic E-state index is 0.623. The van der Waals surface area contributed by atoms with Crippen LogP contribution in [0.25, 0.3) is 12.2 Å². The van der Waals surface area contributed by atoms with Gasteiger partial charge in [0, 0.05) is 5.75 Å². The Balaban J connectivity index is 1.45. The van der Waals surface area contributed by atoms with E-state index in [4.69, 9.17) is 4.74 Å². The Morgan fingerprint density at radius 1 is 0.957 bits per heavy atom. The maximum Gasteiger partial charge on any atom is 0.208 e. The number of hydrogen-bond acceptors (Lipinski definition) is 4. The molecule has 1 aromatic heterocycles. The summed E-state index contributed by atoms with van der Waals surface area (Å²) < 4.78 is 5.64. The summed E-state index contributed by atoms with van der Waals surface area (Å²) in [7, 11) is 0. The molecule has 3 aromatic rings. The van der Waals surface area contributed by atoms with Crippen LogP contribution in [0.4, 0.5) is 0 Å². The number of nitrogens with one attached hydrogen (secondary N) is 1. The number of H-pyrrole nitrogens is 1. The van der Waals surface area contributed by atoms with Crippen molar-refractivity contribution in [2.24, 2.45) is 0 Å². The van der Waals surface area contributed by atoms with E-state index < -0.39 is 0 Å². The predicted molar refractivity (Wildman–Crippen MR) is 94.4 cm³/mol. The molecule has 0 fully saturated rings. The van der Waals surface area contributed by atoms with Crippen LogP contribution in [-0.2, 0) is 0 Å². The van der Waals surface area contributed by atoms with Crippen molar-refractivity contribution in [3.05, 3.63) is 72.1 Å². The molecule has 0 aliphatic carbocycles. The van der Waals surface area contributed by atoms with Gasteiger partial charge >= 0.3 is 0 Å². The van der Waals surface area contributed by atoms with E-state index in [1.807, 2.05) is 72.8 Å². The first-order valence-corrected chi connectivity index (χ1v) is 8.35. The summed E-state index contributed by atoms with van der Waals surface area (Å²) in [5.41, 5.74) is 1.13. The lowest BCUT2D eigenvalue weighted by atomic mass is 10.2. The quantitative estimate of drug-likeness (QED) is 0.524. The largest absolute Gasteiger partial charge is 0.493 e. The maximum atomic E-state index is 5.64. The van der Waals surface area contributed by atoms with Crippen LogP contribution in [0.2, 0.25) is 0 Å². The molecule has 0 amide bonds. The van der Waals surface area contributed by atoms with Crippen molar-refractivity contribution in [2.45, 2.75) is 5.16 Å². The van der Waals surface area contributed by atoms with Gasteiger partial charge in [-0.25, -0.2) is 4.98 Å². The van der Waals surface area contributed by atoms with Crippen molar-refractivity contribution in [2.75, 3.05) is 12.4 Å². The molecular weight excluding hydrogens is 306 g/mol. The van der Waals surface area contributed by atoms with Crippen molar-refractivity contribution < 1.29 is 4.74 Å². The molecule has 3 rings (SSSR count). The number of benzene rings is 2. The zero-order valence-electron chi connectivity index (χ0n) is 12.6. The van der Waals surface area contributed by atoms with Gasteiger partial charge in [0.1, 0.15) is 11.6 Å². The van der Waals surface area contributed by atoms with Crippen LogP contribution in [0.1, 0.15) is 11.4 Å². The van der Waals surface area contributed by atoms with Gasteiger partial charge in [-0.1, -0.05) is 66.4 Å². The van der Waals surface area contributed by atoms with Gasteiger partial charge in [-0.3, -0.25) is 5.10 Å². The number of aromatic amines is 1. The Morgan fingerprint density at radius 2 is 1.70 bits per heavy atom. The second-order valence-corrected chi connectivity index (χ2v) is 5.82. The van der Waals surface area contributed by atoms with Gasteiger partial charge in [0.05, 0.1) is 6.61 Å². The minimum Gasteiger partial charge on any atom is -0.493 e. The van der Waals surface area contributed by atoms with E-state index in [-0.39, 0.29) is 0 Å². The molecule has 5 heteroatoms. The van der Waals surface area contributed by atoms with Crippen molar-refractivity contribution in [3.8, 4) is 5.75 Å². The zero-order chi connectivity index (χ0) is 15.7. The molecule has 1 N–H and O–H groups in total. The fourth-order valence-electron chi connectivity index (χ4n) is 1.95. The number of rotatable bonds is 7. The monoisotopic (exact) mass is 323 g/mol. The van der Waals surface area contributed by atoms with Gasteiger partial charge in [-0.15, -0.1) is 5.10 Å². The summed E-state index contributed by atoms with van der Waals surface area (Å²) in [6, 6.07) is 19.9. The molecule has 0 aliphatic heterocycles. The third-order valence-corrected chi connectivity index (χ3v) is 3.85. The molecule has 0 atom stereocenters. The van der Waals surface area contributed by atoms with Crippen molar-refractivity contribution in [1.82, 2.24) is 15.2 Å². The zero-order valence-corrected chi connectivity index (χ0v) is 13.4. The van der Waals surface area contributed by atoms with Crippen LogP contribution >= 0.6 is 11.8 Å². The lowest BCUT2D eigenvalue weighted by Crippen LogP contribution is -1.99. The number of nitrogens with zero attached hydrogens (tertiary/aromatic N) is 2. The highest BCUT2D eigenvalue weighted by molar-refractivity contribution is 7.99. The molecule has 1 heterocycles. The summed E-state index contributed by atoms with van der Waals surface area (Å²) >= 11 is 1.57. The SMILES string of the molecule is C(=C\c1nc(SCCOc2ccccc2)n[nH]1)/c1ccccc1. The fraction of sp³-hybridized carbons (Fsp3) is 0.111. The Labute approximate surface area is 139 Å². The van der Waals surface area contributed by atoms with Gasteiger partial charge in [0.15, 0.2) is 0 Å². The van der Waals surface area contributed by atoms with Crippen LogP contribution < -0.4 is 4.74 Å². The standard InChI is InChI=1S/C18H17N3OS/c1-3-7-15(8-4-1)11-12-17-19-18(21-20-17)23-14-13-22-16-9-5-2-6-10-16/h1-12H,13-14H2,(H,19,20,21)/b12-11+. The number of thioether (sulfide) groups is 1. The molecule has 0 saturated carbocycles. The van der Waals surface area contributed by atoms with Crippen LogP contribution in [0, 0.1) is 0 Å². The highest BCUT2D eigenvalue weighted by Crippen LogP contribution is 2.14. The van der Waals surface area contributed by atoms with E-state index in [1.54, 1.807) is 11.8 Å². The molecule has 0 unspecified atom stereocenters. The van der Waals surface area contributed by atoms with Crippen molar-refractivity contribution >= 4 is 23.9 Å². The Morgan fingerprint density at radius 3 is 2.48 bits per heavy atom. The third-order valence-electron chi connectivity index (χ3n) is 3.04. The molecule has 0 aliphatic rings. The fourth-order valence-corrected chi connectivity index (χ4v) is 2.57. The average molecular weight is 323 g/mol. The van der Waals surface area contributed by atoms with Gasteiger partial charge in [-0.2, -0.15) is 0 Å². The van der Waals surface area contributed by atoms with Crippen molar-refractivity contribution in [1.29, 1.82) is 0 Å². The van der Waals surface area contributed by atoms with E-state index in [0.29, 0.717) is 6.61 Å². The molecule has 4 nitrogen and oxygen atoms in total. The van der Waals surface area contributed by atoms with Crippen molar-refractivity contribution in [3.63, 3.8) is 0 Å². The number of para-hydroxylation sites is 1. The van der Waals surface area contributed by atoms with E-state index in [9.17, 15) is 0 Å². The molecule has 0 bridgehead atoms. The minimum atomic E-state index is 0.623. The maximum absolute atomic E-state index is 5.64. The van der Waals surface area contributed by atoms with Crippen LogP contribution in [0.15, 0.2) is 65.8 Å². The average Bonchev–Trinajstić information content (AvgIpc) is 3.07. The summed E-state index contributed by atoms with van der Waals surface area (Å²) in [6.07, 6.45) is 3.93. The van der Waals surface area contributed by atoms with E-state index in [2.05, 4.69) is 15.2 Å². The third kappa shape index (κ3) is 5.00. The van der Waals surface area contributed by atoms with Crippen LogP contribution in [-0.4, -0.2) is 27.5 Å². The first-order chi connectivity index (χ1) is 11.4. The normalized spacial score (nSPS) is 11.0. The molecule has 0 saturated heterocycles. The summed E-state index contributed by atoms with van der Waals surface area (Å²) in [5.74, 6) is 2.43. The molecule has 0 spiro atoms. The molecule has 116 valence electrons. The van der Waals surface area contributed by atoms with Crippen LogP contribution in [0.5, 0.6) is 5.75 Å². The van der Waals surface area contributed by atoms with Gasteiger partial charge in [0.25, 0.3) is 0 Å². The summed E-state index contributed by atoms with van der Waals surface area (Å²) in [4.78, 5) is 4.42. The second-order valence-electron chi connectivity index (χ2n) is 4.76. The molecule has 2 aromatic carbocycles. The van der Waals surface area contributed by atoms with E-state index in [1.165, 1.54) is 0 Å². The highest BCUT2D eigenvalue weighted by Gasteiger charge is 2.01. The predicted octanol–water partition coefficient (Wildman–Crippen LogP) is 4.15. The lowest BCUT2D eigenvalue weighted by Gasteiger charge is -2.03. The Bertz CT molecular complexity index is 741. The Kier molecular flexibility index (Phi) is 5.48. The molecule has 23 heavy (non-hydrogen) atoms. The smallest absolute Gasteiger partial charge is 0.208 e. The Hall–Kier alpha value is -2.53. The molecule has 0 radical (unpaired) electrons. The summed E-state index contributed by atoms with van der Waals surface area (Å²) in [6.45, 7) is 0.623. The molecular formula is C18H17N3OS. The van der Waals surface area contributed by atoms with Gasteiger partial charge in [0.2, 0.25) is 5.16 Å². The van der Waals surface area contributed by atoms with E-state index in [0.717, 1.165) is 28.0 Å². The highest BCUT2D eigenvalue weighted by atomic mass is 32.2. The number of ether oxygens (including phenoxy) is 1. The second kappa shape index (κ2) is 8.19.